The Labute approximate surface area is 168 Å². The van der Waals surface area contributed by atoms with E-state index in [1.165, 1.54) is 18.2 Å². The van der Waals surface area contributed by atoms with Gasteiger partial charge in [0, 0.05) is 37.0 Å². The van der Waals surface area contributed by atoms with Crippen molar-refractivity contribution < 1.29 is 12.8 Å². The largest absolute Gasteiger partial charge is 0.417 e. The molecule has 0 radical (unpaired) electrons. The number of aromatic amines is 1. The molecule has 0 atom stereocenters. The molecule has 1 aliphatic rings. The average Bonchev–Trinajstić information content (AvgIpc) is 2.99. The van der Waals surface area contributed by atoms with Crippen molar-refractivity contribution in [2.75, 3.05) is 24.5 Å². The first-order valence-electron chi connectivity index (χ1n) is 9.33. The van der Waals surface area contributed by atoms with Crippen molar-refractivity contribution in [3.8, 4) is 0 Å². The highest BCUT2D eigenvalue weighted by Gasteiger charge is 2.30. The maximum Gasteiger partial charge on any atom is 0.417 e. The van der Waals surface area contributed by atoms with Crippen LogP contribution in [-0.2, 0) is 15.4 Å². The fourth-order valence-electron chi connectivity index (χ4n) is 3.18. The molecule has 1 aliphatic heterocycles. The summed E-state index contributed by atoms with van der Waals surface area (Å²) in [6.07, 6.45) is 0. The Bertz CT molecular complexity index is 1190. The second-order valence-electron chi connectivity index (χ2n) is 8.32. The van der Waals surface area contributed by atoms with Gasteiger partial charge in [0.05, 0.1) is 16.1 Å². The van der Waals surface area contributed by atoms with Gasteiger partial charge < -0.3 is 9.32 Å². The fourth-order valence-corrected chi connectivity index (χ4v) is 4.31. The zero-order valence-electron chi connectivity index (χ0n) is 16.5. The molecule has 9 nitrogen and oxygen atoms in total. The second-order valence-corrected chi connectivity index (χ2v) is 10.1. The highest BCUT2D eigenvalue weighted by molar-refractivity contribution is 7.89. The first-order chi connectivity index (χ1) is 13.6. The zero-order valence-corrected chi connectivity index (χ0v) is 17.3. The maximum atomic E-state index is 12.5. The number of rotatable bonds is 5. The number of nitrogens with zero attached hydrogens (tertiary/aromatic N) is 3. The molecule has 1 saturated heterocycles. The molecule has 1 aromatic carbocycles. The summed E-state index contributed by atoms with van der Waals surface area (Å²) in [6.45, 7) is 7.99. The van der Waals surface area contributed by atoms with Crippen molar-refractivity contribution in [1.82, 2.24) is 19.9 Å². The van der Waals surface area contributed by atoms with E-state index in [0.717, 1.165) is 11.5 Å². The van der Waals surface area contributed by atoms with Crippen molar-refractivity contribution >= 4 is 26.9 Å². The minimum Gasteiger partial charge on any atom is -0.408 e. The lowest BCUT2D eigenvalue weighted by Crippen LogP contribution is -2.51. The number of aromatic nitrogens is 3. The number of sulfonamides is 1. The third-order valence-corrected chi connectivity index (χ3v) is 6.39. The average molecular weight is 417 g/mol. The normalized spacial score (nSPS) is 15.6. The molecule has 3 aromatic rings. The minimum atomic E-state index is -3.69. The maximum absolute atomic E-state index is 12.5. The minimum absolute atomic E-state index is 0.0484. The van der Waals surface area contributed by atoms with Crippen LogP contribution < -0.4 is 15.4 Å². The van der Waals surface area contributed by atoms with Crippen molar-refractivity contribution in [2.24, 2.45) is 5.92 Å². The molecule has 0 spiro atoms. The predicted octanol–water partition coefficient (Wildman–Crippen LogP) is 1.62. The van der Waals surface area contributed by atoms with Gasteiger partial charge in [0.1, 0.15) is 0 Å². The van der Waals surface area contributed by atoms with Crippen LogP contribution in [-0.4, -0.2) is 43.2 Å². The van der Waals surface area contributed by atoms with Gasteiger partial charge in [0.15, 0.2) is 11.4 Å². The molecule has 3 heterocycles. The van der Waals surface area contributed by atoms with Gasteiger partial charge in [-0.3, -0.25) is 4.98 Å². The summed E-state index contributed by atoms with van der Waals surface area (Å²) in [7, 11) is -3.69. The van der Waals surface area contributed by atoms with Crippen LogP contribution in [0.1, 0.15) is 26.5 Å². The number of anilines is 1. The van der Waals surface area contributed by atoms with E-state index in [-0.39, 0.29) is 21.8 Å². The third-order valence-electron chi connectivity index (χ3n) is 4.96. The molecule has 0 bridgehead atoms. The number of hydrogen-bond acceptors (Lipinski definition) is 7. The zero-order chi connectivity index (χ0) is 20.8. The fraction of sp³-hybridized carbons (Fsp3) is 0.421. The number of H-pyrrole nitrogens is 1. The summed E-state index contributed by atoms with van der Waals surface area (Å²) >= 11 is 0. The Hall–Kier alpha value is -2.72. The van der Waals surface area contributed by atoms with E-state index in [9.17, 15) is 13.2 Å². The monoisotopic (exact) mass is 417 g/mol. The molecule has 1 fully saturated rings. The number of benzene rings is 1. The van der Waals surface area contributed by atoms with Crippen molar-refractivity contribution in [3.05, 3.63) is 46.6 Å². The topological polar surface area (TPSA) is 121 Å². The molecular formula is C19H23N5O4S. The van der Waals surface area contributed by atoms with Crippen LogP contribution in [0, 0.1) is 5.92 Å². The Kier molecular flexibility index (Phi) is 4.70. The van der Waals surface area contributed by atoms with Gasteiger partial charge in [-0.05, 0) is 24.3 Å². The summed E-state index contributed by atoms with van der Waals surface area (Å²) in [6, 6.07) is 8.23. The quantitative estimate of drug-likeness (QED) is 0.647. The summed E-state index contributed by atoms with van der Waals surface area (Å²) in [5.41, 5.74) is 1.56. The van der Waals surface area contributed by atoms with Crippen LogP contribution >= 0.6 is 0 Å². The van der Waals surface area contributed by atoms with Crippen LogP contribution in [0.3, 0.4) is 0 Å². The Morgan fingerprint density at radius 2 is 1.97 bits per heavy atom. The van der Waals surface area contributed by atoms with Crippen molar-refractivity contribution in [1.29, 1.82) is 0 Å². The van der Waals surface area contributed by atoms with Gasteiger partial charge in [0.2, 0.25) is 10.0 Å². The third kappa shape index (κ3) is 4.03. The van der Waals surface area contributed by atoms with Crippen LogP contribution in [0.25, 0.3) is 11.1 Å². The molecule has 0 unspecified atom stereocenters. The van der Waals surface area contributed by atoms with E-state index in [1.807, 2.05) is 12.1 Å². The molecular weight excluding hydrogens is 394 g/mol. The molecule has 2 aromatic heterocycles. The lowest BCUT2D eigenvalue weighted by atomic mass is 9.92. The van der Waals surface area contributed by atoms with Crippen LogP contribution in [0.5, 0.6) is 0 Å². The number of fused-ring (bicyclic) bond motifs is 1. The van der Waals surface area contributed by atoms with E-state index in [1.54, 1.807) is 0 Å². The summed E-state index contributed by atoms with van der Waals surface area (Å²) < 4.78 is 32.6. The Morgan fingerprint density at radius 3 is 2.62 bits per heavy atom. The van der Waals surface area contributed by atoms with E-state index in [2.05, 4.69) is 45.6 Å². The molecule has 0 amide bonds. The van der Waals surface area contributed by atoms with Crippen LogP contribution in [0.15, 0.2) is 44.4 Å². The molecule has 10 heteroatoms. The summed E-state index contributed by atoms with van der Waals surface area (Å²) in [5, 5.41) is 8.58. The Morgan fingerprint density at radius 1 is 1.21 bits per heavy atom. The molecule has 29 heavy (non-hydrogen) atoms. The van der Waals surface area contributed by atoms with E-state index in [0.29, 0.717) is 25.2 Å². The first kappa shape index (κ1) is 19.6. The van der Waals surface area contributed by atoms with Crippen molar-refractivity contribution in [3.63, 3.8) is 0 Å². The van der Waals surface area contributed by atoms with Gasteiger partial charge in [-0.1, -0.05) is 20.8 Å². The van der Waals surface area contributed by atoms with Gasteiger partial charge in [0.25, 0.3) is 0 Å². The van der Waals surface area contributed by atoms with Gasteiger partial charge >= 0.3 is 5.76 Å². The molecule has 0 aliphatic carbocycles. The van der Waals surface area contributed by atoms with E-state index in [4.69, 9.17) is 4.42 Å². The van der Waals surface area contributed by atoms with Gasteiger partial charge in [-0.25, -0.2) is 17.9 Å². The smallest absolute Gasteiger partial charge is 0.408 e. The van der Waals surface area contributed by atoms with Crippen molar-refractivity contribution in [2.45, 2.75) is 31.1 Å². The predicted molar refractivity (Wildman–Crippen MR) is 108 cm³/mol. The second kappa shape index (κ2) is 6.96. The SMILES string of the molecule is CC(C)(C)c1ccc(N2CC(CNS(=O)(=O)c3ccc4[nH]c(=O)oc4c3)C2)nn1. The molecule has 154 valence electrons. The van der Waals surface area contributed by atoms with Crippen LogP contribution in [0.4, 0.5) is 5.82 Å². The molecule has 2 N–H and O–H groups in total. The summed E-state index contributed by atoms with van der Waals surface area (Å²) in [4.78, 5) is 15.8. The molecule has 0 saturated carbocycles. The number of oxazole rings is 1. The number of hydrogen-bond donors (Lipinski definition) is 2. The van der Waals surface area contributed by atoms with Gasteiger partial charge in [-0.2, -0.15) is 5.10 Å². The van der Waals surface area contributed by atoms with Crippen LogP contribution in [0.2, 0.25) is 0 Å². The van der Waals surface area contributed by atoms with E-state index >= 15 is 0 Å². The van der Waals surface area contributed by atoms with Gasteiger partial charge in [-0.15, -0.1) is 5.10 Å². The highest BCUT2D eigenvalue weighted by Crippen LogP contribution is 2.25. The Balaban J connectivity index is 1.34. The summed E-state index contributed by atoms with van der Waals surface area (Å²) in [5.74, 6) is 0.364. The standard InChI is InChI=1S/C19H23N5O4S/c1-19(2,3)16-6-7-17(23-22-16)24-10-12(11-24)9-20-29(26,27)13-4-5-14-15(8-13)28-18(25)21-14/h4-8,12,20H,9-11H2,1-3H3,(H,21,25). The van der Waals surface area contributed by atoms with E-state index < -0.39 is 15.8 Å². The number of nitrogens with one attached hydrogen (secondary N) is 2. The molecule has 4 rings (SSSR count). The highest BCUT2D eigenvalue weighted by atomic mass is 32.2. The lowest BCUT2D eigenvalue weighted by Gasteiger charge is -2.40. The lowest BCUT2D eigenvalue weighted by molar-refractivity contribution is 0.401. The first-order valence-corrected chi connectivity index (χ1v) is 10.8.